The Kier molecular flexibility index (Phi) is 5.54. The molecule has 23 heavy (non-hydrogen) atoms. The van der Waals surface area contributed by atoms with Crippen LogP contribution in [0.25, 0.3) is 0 Å². The molecule has 4 heteroatoms. The molecule has 0 radical (unpaired) electrons. The second-order valence-electron chi connectivity index (χ2n) is 7.11. The molecule has 3 rings (SSSR count). The highest BCUT2D eigenvalue weighted by atomic mass is 32.1. The second kappa shape index (κ2) is 7.63. The number of nitrogens with one attached hydrogen (secondary N) is 2. The van der Waals surface area contributed by atoms with E-state index in [1.54, 1.807) is 0 Å². The van der Waals surface area contributed by atoms with Crippen LogP contribution in [0.5, 0.6) is 0 Å². The molecular weight excluding hydrogens is 302 g/mol. The molecule has 2 fully saturated rings. The molecule has 1 unspecified atom stereocenters. The average Bonchev–Trinajstić information content (AvgIpc) is 2.50. The van der Waals surface area contributed by atoms with Gasteiger partial charge in [0.2, 0.25) is 0 Å². The van der Waals surface area contributed by atoms with Crippen LogP contribution in [-0.2, 0) is 0 Å². The predicted molar refractivity (Wildman–Crippen MR) is 102 cm³/mol. The van der Waals surface area contributed by atoms with Gasteiger partial charge in [0, 0.05) is 23.8 Å². The van der Waals surface area contributed by atoms with E-state index in [0.29, 0.717) is 6.04 Å². The molecule has 2 N–H and O–H groups in total. The lowest BCUT2D eigenvalue weighted by atomic mass is 9.81. The number of aryl methyl sites for hydroxylation is 1. The van der Waals surface area contributed by atoms with Gasteiger partial charge in [-0.05, 0) is 69.9 Å². The van der Waals surface area contributed by atoms with E-state index in [1.165, 1.54) is 50.6 Å². The van der Waals surface area contributed by atoms with Crippen molar-refractivity contribution in [2.75, 3.05) is 11.9 Å². The van der Waals surface area contributed by atoms with Crippen LogP contribution in [-0.4, -0.2) is 34.7 Å². The van der Waals surface area contributed by atoms with Gasteiger partial charge in [0.1, 0.15) is 0 Å². The standard InChI is InChI=1S/C19H29N3S/c1-3-11-22-17-5-4-6-18(22)13-16(12-17)21-19(23)20-15-9-7-14(2)8-10-15/h7-10,16-18H,3-6,11-13H2,1-2H3,(H2,20,21,23)/t16?,17-,18+. The molecule has 2 bridgehead atoms. The highest BCUT2D eigenvalue weighted by molar-refractivity contribution is 7.80. The van der Waals surface area contributed by atoms with Crippen LogP contribution in [0.2, 0.25) is 0 Å². The molecule has 0 aromatic heterocycles. The summed E-state index contributed by atoms with van der Waals surface area (Å²) in [4.78, 5) is 2.76. The molecule has 1 aromatic rings. The predicted octanol–water partition coefficient (Wildman–Crippen LogP) is 4.08. The molecule has 0 aliphatic carbocycles. The van der Waals surface area contributed by atoms with E-state index in [1.807, 2.05) is 0 Å². The summed E-state index contributed by atoms with van der Waals surface area (Å²) < 4.78 is 0. The minimum Gasteiger partial charge on any atom is -0.360 e. The zero-order chi connectivity index (χ0) is 16.2. The smallest absolute Gasteiger partial charge is 0.170 e. The molecule has 126 valence electrons. The molecule has 2 aliphatic rings. The lowest BCUT2D eigenvalue weighted by Crippen LogP contribution is -2.57. The second-order valence-corrected chi connectivity index (χ2v) is 7.52. The molecule has 0 spiro atoms. The number of piperidine rings is 2. The van der Waals surface area contributed by atoms with Gasteiger partial charge in [-0.25, -0.2) is 0 Å². The van der Waals surface area contributed by atoms with Crippen molar-refractivity contribution >= 4 is 23.0 Å². The Labute approximate surface area is 145 Å². The van der Waals surface area contributed by atoms with E-state index < -0.39 is 0 Å². The molecule has 3 nitrogen and oxygen atoms in total. The summed E-state index contributed by atoms with van der Waals surface area (Å²) in [6.07, 6.45) is 7.82. The van der Waals surface area contributed by atoms with Gasteiger partial charge in [-0.1, -0.05) is 31.0 Å². The minimum atomic E-state index is 0.517. The quantitative estimate of drug-likeness (QED) is 0.813. The lowest BCUT2D eigenvalue weighted by molar-refractivity contribution is 0.0284. The van der Waals surface area contributed by atoms with Crippen LogP contribution in [0.4, 0.5) is 5.69 Å². The summed E-state index contributed by atoms with van der Waals surface area (Å²) >= 11 is 5.53. The van der Waals surface area contributed by atoms with E-state index in [-0.39, 0.29) is 0 Å². The zero-order valence-corrected chi connectivity index (χ0v) is 15.2. The first-order chi connectivity index (χ1) is 11.2. The Balaban J connectivity index is 1.54. The van der Waals surface area contributed by atoms with Gasteiger partial charge in [-0.2, -0.15) is 0 Å². The van der Waals surface area contributed by atoms with E-state index in [9.17, 15) is 0 Å². The fourth-order valence-electron chi connectivity index (χ4n) is 4.21. The third-order valence-electron chi connectivity index (χ3n) is 5.25. The molecule has 0 amide bonds. The van der Waals surface area contributed by atoms with Crippen LogP contribution in [0.15, 0.2) is 24.3 Å². The zero-order valence-electron chi connectivity index (χ0n) is 14.3. The highest BCUT2D eigenvalue weighted by Gasteiger charge is 2.37. The Morgan fingerprint density at radius 1 is 1.17 bits per heavy atom. The largest absolute Gasteiger partial charge is 0.360 e. The molecular formula is C19H29N3S. The maximum atomic E-state index is 5.53. The summed E-state index contributed by atoms with van der Waals surface area (Å²) in [6.45, 7) is 5.65. The van der Waals surface area contributed by atoms with Crippen molar-refractivity contribution in [3.05, 3.63) is 29.8 Å². The van der Waals surface area contributed by atoms with Crippen LogP contribution < -0.4 is 10.6 Å². The fourth-order valence-corrected chi connectivity index (χ4v) is 4.49. The first-order valence-electron chi connectivity index (χ1n) is 9.05. The van der Waals surface area contributed by atoms with Crippen molar-refractivity contribution in [3.8, 4) is 0 Å². The first kappa shape index (κ1) is 16.7. The maximum absolute atomic E-state index is 5.53. The SMILES string of the molecule is CCCN1[C@@H]2CCC[C@H]1CC(NC(=S)Nc1ccc(C)cc1)C2. The third kappa shape index (κ3) is 4.24. The highest BCUT2D eigenvalue weighted by Crippen LogP contribution is 2.34. The molecule has 2 saturated heterocycles. The molecule has 3 atom stereocenters. The monoisotopic (exact) mass is 331 g/mol. The maximum Gasteiger partial charge on any atom is 0.170 e. The third-order valence-corrected chi connectivity index (χ3v) is 5.47. The molecule has 1 aromatic carbocycles. The van der Waals surface area contributed by atoms with Gasteiger partial charge >= 0.3 is 0 Å². The van der Waals surface area contributed by atoms with Gasteiger partial charge < -0.3 is 10.6 Å². The summed E-state index contributed by atoms with van der Waals surface area (Å²) in [5.74, 6) is 0. The van der Waals surface area contributed by atoms with Gasteiger partial charge in [0.25, 0.3) is 0 Å². The number of fused-ring (bicyclic) bond motifs is 2. The summed E-state index contributed by atoms with van der Waals surface area (Å²) in [5.41, 5.74) is 2.34. The Bertz CT molecular complexity index is 514. The van der Waals surface area contributed by atoms with Crippen LogP contribution in [0.3, 0.4) is 0 Å². The van der Waals surface area contributed by atoms with Crippen molar-refractivity contribution in [3.63, 3.8) is 0 Å². The normalized spacial score (nSPS) is 27.5. The first-order valence-corrected chi connectivity index (χ1v) is 9.46. The van der Waals surface area contributed by atoms with Crippen LogP contribution >= 0.6 is 12.2 Å². The topological polar surface area (TPSA) is 27.3 Å². The van der Waals surface area contributed by atoms with Crippen molar-refractivity contribution in [1.29, 1.82) is 0 Å². The van der Waals surface area contributed by atoms with Gasteiger partial charge in [0.05, 0.1) is 0 Å². The molecule has 0 saturated carbocycles. The van der Waals surface area contributed by atoms with Crippen molar-refractivity contribution in [2.24, 2.45) is 0 Å². The minimum absolute atomic E-state index is 0.517. The van der Waals surface area contributed by atoms with E-state index >= 15 is 0 Å². The summed E-state index contributed by atoms with van der Waals surface area (Å²) in [6, 6.07) is 10.4. The van der Waals surface area contributed by atoms with E-state index in [2.05, 4.69) is 53.6 Å². The van der Waals surface area contributed by atoms with Crippen molar-refractivity contribution in [1.82, 2.24) is 10.2 Å². The molecule has 2 aliphatic heterocycles. The summed E-state index contributed by atoms with van der Waals surface area (Å²) in [5, 5.41) is 7.66. The van der Waals surface area contributed by atoms with Crippen LogP contribution in [0, 0.1) is 6.92 Å². The van der Waals surface area contributed by atoms with Crippen molar-refractivity contribution < 1.29 is 0 Å². The number of hydrogen-bond donors (Lipinski definition) is 2. The van der Waals surface area contributed by atoms with Crippen molar-refractivity contribution in [2.45, 2.75) is 70.5 Å². The summed E-state index contributed by atoms with van der Waals surface area (Å²) in [7, 11) is 0. The number of rotatable bonds is 4. The number of anilines is 1. The average molecular weight is 332 g/mol. The van der Waals surface area contributed by atoms with Crippen LogP contribution in [0.1, 0.15) is 51.0 Å². The Morgan fingerprint density at radius 2 is 1.83 bits per heavy atom. The van der Waals surface area contributed by atoms with Gasteiger partial charge in [-0.15, -0.1) is 0 Å². The number of benzene rings is 1. The van der Waals surface area contributed by atoms with Gasteiger partial charge in [-0.3, -0.25) is 4.90 Å². The fraction of sp³-hybridized carbons (Fsp3) is 0.632. The Hall–Kier alpha value is -1.13. The van der Waals surface area contributed by atoms with E-state index in [0.717, 1.165) is 22.9 Å². The molecule has 2 heterocycles. The Morgan fingerprint density at radius 3 is 2.43 bits per heavy atom. The van der Waals surface area contributed by atoms with E-state index in [4.69, 9.17) is 12.2 Å². The number of hydrogen-bond acceptors (Lipinski definition) is 2. The van der Waals surface area contributed by atoms with Gasteiger partial charge in [0.15, 0.2) is 5.11 Å². The lowest BCUT2D eigenvalue weighted by Gasteiger charge is -2.49. The number of thiocarbonyl (C=S) groups is 1. The number of nitrogens with zero attached hydrogens (tertiary/aromatic N) is 1.